The lowest BCUT2D eigenvalue weighted by Crippen LogP contribution is -2.32. The van der Waals surface area contributed by atoms with Crippen molar-refractivity contribution in [1.29, 1.82) is 0 Å². The van der Waals surface area contributed by atoms with Gasteiger partial charge in [-0.1, -0.05) is 24.3 Å². The lowest BCUT2D eigenvalue weighted by atomic mass is 10.1. The van der Waals surface area contributed by atoms with E-state index in [9.17, 15) is 18.0 Å². The molecule has 1 aromatic carbocycles. The number of aryl methyl sites for hydroxylation is 1. The van der Waals surface area contributed by atoms with E-state index >= 15 is 0 Å². The van der Waals surface area contributed by atoms with E-state index in [2.05, 4.69) is 30.6 Å². The van der Waals surface area contributed by atoms with E-state index in [1.54, 1.807) is 48.8 Å². The number of nitrogens with one attached hydrogen (secondary N) is 2. The highest BCUT2D eigenvalue weighted by atomic mass is 32.2. The molecule has 192 valence electrons. The zero-order chi connectivity index (χ0) is 26.9. The van der Waals surface area contributed by atoms with Gasteiger partial charge in [-0.05, 0) is 31.2 Å². The van der Waals surface area contributed by atoms with Crippen LogP contribution in [0.4, 0.5) is 5.13 Å². The van der Waals surface area contributed by atoms with Crippen molar-refractivity contribution in [2.75, 3.05) is 18.1 Å². The largest absolute Gasteiger partial charge is 0.343 e. The number of hydrogen-bond donors (Lipinski definition) is 2. The van der Waals surface area contributed by atoms with Crippen LogP contribution in [-0.4, -0.2) is 56.9 Å². The molecule has 0 fully saturated rings. The van der Waals surface area contributed by atoms with Gasteiger partial charge in [-0.15, -0.1) is 11.3 Å². The molecule has 0 atom stereocenters. The number of anilines is 1. The second-order valence-corrected chi connectivity index (χ2v) is 11.0. The van der Waals surface area contributed by atoms with E-state index in [4.69, 9.17) is 0 Å². The molecule has 0 bridgehead atoms. The normalized spacial score (nSPS) is 11.4. The Morgan fingerprint density at radius 3 is 2.45 bits per heavy atom. The van der Waals surface area contributed by atoms with E-state index < -0.39 is 21.8 Å². The van der Waals surface area contributed by atoms with Crippen molar-refractivity contribution in [3.05, 3.63) is 77.7 Å². The van der Waals surface area contributed by atoms with E-state index in [0.29, 0.717) is 44.6 Å². The maximum Gasteiger partial charge on any atom is 0.253 e. The average Bonchev–Trinajstić information content (AvgIpc) is 3.52. The molecule has 0 aliphatic heterocycles. The van der Waals surface area contributed by atoms with Crippen LogP contribution in [0.25, 0.3) is 33.7 Å². The van der Waals surface area contributed by atoms with E-state index in [1.165, 1.54) is 17.5 Å². The highest BCUT2D eigenvalue weighted by Crippen LogP contribution is 2.26. The Bertz CT molecular complexity index is 1790. The highest BCUT2D eigenvalue weighted by molar-refractivity contribution is 7.89. The molecule has 0 aliphatic rings. The minimum Gasteiger partial charge on any atom is -0.343 e. The lowest BCUT2D eigenvalue weighted by molar-refractivity contribution is -0.115. The van der Waals surface area contributed by atoms with Crippen molar-refractivity contribution in [1.82, 2.24) is 29.2 Å². The fourth-order valence-corrected chi connectivity index (χ4v) is 5.33. The van der Waals surface area contributed by atoms with Crippen molar-refractivity contribution in [2.24, 2.45) is 0 Å². The van der Waals surface area contributed by atoms with Gasteiger partial charge in [0.2, 0.25) is 15.9 Å². The molecule has 0 aliphatic carbocycles. The van der Waals surface area contributed by atoms with Crippen molar-refractivity contribution < 1.29 is 18.0 Å². The zero-order valence-corrected chi connectivity index (χ0v) is 21.9. The van der Waals surface area contributed by atoms with Gasteiger partial charge in [0.15, 0.2) is 5.13 Å². The van der Waals surface area contributed by atoms with Gasteiger partial charge in [-0.25, -0.2) is 32.3 Å². The lowest BCUT2D eigenvalue weighted by Gasteiger charge is -2.05. The van der Waals surface area contributed by atoms with Crippen LogP contribution in [0.2, 0.25) is 0 Å². The number of rotatable bonds is 7. The van der Waals surface area contributed by atoms with Crippen LogP contribution >= 0.6 is 11.3 Å². The number of para-hydroxylation sites is 1. The molecule has 5 aromatic rings. The molecule has 2 N–H and O–H groups in total. The number of amides is 2. The van der Waals surface area contributed by atoms with Gasteiger partial charge in [0.1, 0.15) is 11.5 Å². The summed E-state index contributed by atoms with van der Waals surface area (Å²) in [4.78, 5) is 42.8. The third kappa shape index (κ3) is 5.28. The maximum atomic E-state index is 12.8. The molecule has 4 heterocycles. The van der Waals surface area contributed by atoms with Crippen LogP contribution in [0.5, 0.6) is 0 Å². The SMILES string of the molecule is Cc1nccc(-c2cccc(-c3csc(NC(=O)CNC(=O)c4cn(S(C)(=O)=O)c5ccccc45)n3)n2)n1. The predicted molar refractivity (Wildman–Crippen MR) is 144 cm³/mol. The molecular weight excluding hydrogens is 526 g/mol. The summed E-state index contributed by atoms with van der Waals surface area (Å²) < 4.78 is 25.3. The Hall–Kier alpha value is -4.49. The van der Waals surface area contributed by atoms with Crippen LogP contribution in [-0.2, 0) is 14.8 Å². The van der Waals surface area contributed by atoms with Crippen LogP contribution in [0.15, 0.2) is 66.3 Å². The molecule has 2 amide bonds. The summed E-state index contributed by atoms with van der Waals surface area (Å²) in [6.45, 7) is 1.48. The summed E-state index contributed by atoms with van der Waals surface area (Å²) in [6.07, 6.45) is 3.98. The van der Waals surface area contributed by atoms with Crippen molar-refractivity contribution in [2.45, 2.75) is 6.92 Å². The first-order valence-corrected chi connectivity index (χ1v) is 14.0. The number of fused-ring (bicyclic) bond motifs is 1. The van der Waals surface area contributed by atoms with Gasteiger partial charge >= 0.3 is 0 Å². The van der Waals surface area contributed by atoms with Crippen LogP contribution in [0, 0.1) is 6.92 Å². The third-order valence-electron chi connectivity index (χ3n) is 5.49. The molecule has 0 saturated carbocycles. The summed E-state index contributed by atoms with van der Waals surface area (Å²) >= 11 is 1.22. The van der Waals surface area contributed by atoms with Gasteiger partial charge in [-0.2, -0.15) is 0 Å². The van der Waals surface area contributed by atoms with Gasteiger partial charge in [0.05, 0.1) is 41.0 Å². The number of pyridine rings is 1. The maximum absolute atomic E-state index is 12.8. The monoisotopic (exact) mass is 547 g/mol. The first kappa shape index (κ1) is 25.2. The first-order chi connectivity index (χ1) is 18.2. The molecule has 38 heavy (non-hydrogen) atoms. The third-order valence-corrected chi connectivity index (χ3v) is 7.26. The molecule has 5 rings (SSSR count). The molecule has 0 radical (unpaired) electrons. The fraction of sp³-hybridized carbons (Fsp3) is 0.120. The quantitative estimate of drug-likeness (QED) is 0.316. The van der Waals surface area contributed by atoms with Crippen LogP contribution < -0.4 is 10.6 Å². The smallest absolute Gasteiger partial charge is 0.253 e. The summed E-state index contributed by atoms with van der Waals surface area (Å²) in [6, 6.07) is 13.9. The predicted octanol–water partition coefficient (Wildman–Crippen LogP) is 3.10. The minimum absolute atomic E-state index is 0.153. The van der Waals surface area contributed by atoms with E-state index in [1.807, 2.05) is 18.2 Å². The van der Waals surface area contributed by atoms with Gasteiger partial charge in [0.25, 0.3) is 5.91 Å². The molecule has 0 saturated heterocycles. The first-order valence-electron chi connectivity index (χ1n) is 11.3. The standard InChI is InChI=1S/C25H21N7O4S2/c1-15-26-11-10-20(28-15)18-7-5-8-19(29-18)21-14-37-25(30-21)31-23(33)12-27-24(34)17-13-32(38(2,35)36)22-9-4-3-6-16(17)22/h3-11,13-14H,12H2,1-2H3,(H,27,34)(H,30,31,33). The van der Waals surface area contributed by atoms with Gasteiger partial charge in [0, 0.05) is 23.2 Å². The van der Waals surface area contributed by atoms with Crippen LogP contribution in [0.1, 0.15) is 16.2 Å². The summed E-state index contributed by atoms with van der Waals surface area (Å²) in [5.74, 6) is -0.412. The van der Waals surface area contributed by atoms with E-state index in [-0.39, 0.29) is 12.1 Å². The van der Waals surface area contributed by atoms with Crippen molar-refractivity contribution >= 4 is 49.2 Å². The summed E-state index contributed by atoms with van der Waals surface area (Å²) in [5.41, 5.74) is 3.10. The summed E-state index contributed by atoms with van der Waals surface area (Å²) in [5, 5.41) is 7.78. The van der Waals surface area contributed by atoms with Crippen molar-refractivity contribution in [3.8, 4) is 22.8 Å². The Morgan fingerprint density at radius 1 is 0.947 bits per heavy atom. The van der Waals surface area contributed by atoms with Crippen molar-refractivity contribution in [3.63, 3.8) is 0 Å². The number of carbonyl (C=O) groups is 2. The number of nitrogens with zero attached hydrogens (tertiary/aromatic N) is 5. The molecule has 11 nitrogen and oxygen atoms in total. The Morgan fingerprint density at radius 2 is 1.68 bits per heavy atom. The summed E-state index contributed by atoms with van der Waals surface area (Å²) in [7, 11) is -3.62. The number of benzene rings is 1. The van der Waals surface area contributed by atoms with Gasteiger partial charge in [-0.3, -0.25) is 9.59 Å². The Balaban J connectivity index is 1.25. The number of carbonyl (C=O) groups excluding carboxylic acids is 2. The second kappa shape index (κ2) is 10.1. The Kier molecular flexibility index (Phi) is 6.70. The Labute approximate surface area is 221 Å². The van der Waals surface area contributed by atoms with Crippen LogP contribution in [0.3, 0.4) is 0 Å². The minimum atomic E-state index is -3.62. The number of hydrogen-bond acceptors (Lipinski definition) is 9. The molecule has 0 unspecified atom stereocenters. The number of aromatic nitrogens is 5. The number of thiazole rings is 1. The highest BCUT2D eigenvalue weighted by Gasteiger charge is 2.19. The second-order valence-electron chi connectivity index (χ2n) is 8.28. The fourth-order valence-electron chi connectivity index (χ4n) is 3.79. The topological polar surface area (TPSA) is 149 Å². The molecule has 0 spiro atoms. The van der Waals surface area contributed by atoms with Gasteiger partial charge < -0.3 is 10.6 Å². The van der Waals surface area contributed by atoms with E-state index in [0.717, 1.165) is 10.2 Å². The zero-order valence-electron chi connectivity index (χ0n) is 20.2. The molecular formula is C25H21N7O4S2. The average molecular weight is 548 g/mol. The molecule has 4 aromatic heterocycles. The molecule has 13 heteroatoms.